The maximum absolute atomic E-state index is 12.9. The van der Waals surface area contributed by atoms with E-state index < -0.39 is 11.9 Å². The van der Waals surface area contributed by atoms with E-state index in [9.17, 15) is 15.3 Å². The van der Waals surface area contributed by atoms with Crippen molar-refractivity contribution in [1.82, 2.24) is 4.98 Å². The topological polar surface area (TPSA) is 131 Å². The van der Waals surface area contributed by atoms with Gasteiger partial charge in [-0.25, -0.2) is 9.78 Å². The van der Waals surface area contributed by atoms with Gasteiger partial charge in [-0.1, -0.05) is 23.9 Å². The Morgan fingerprint density at radius 2 is 2.09 bits per heavy atom. The first-order chi connectivity index (χ1) is 16.5. The SMILES string of the molecule is COC(=O)C1=C(CSc2nc3c(cc2C#N)CCC3)OC(N)=C(C#N)C1c1cccc(OC)c1. The van der Waals surface area contributed by atoms with Gasteiger partial charge in [0.1, 0.15) is 34.2 Å². The zero-order chi connectivity index (χ0) is 24.2. The molecule has 2 N–H and O–H groups in total. The van der Waals surface area contributed by atoms with Crippen molar-refractivity contribution in [3.05, 3.63) is 75.5 Å². The number of allylic oxidation sites excluding steroid dienone is 1. The molecule has 172 valence electrons. The molecule has 2 heterocycles. The number of nitrogens with two attached hydrogens (primary N) is 1. The van der Waals surface area contributed by atoms with E-state index in [0.717, 1.165) is 30.5 Å². The van der Waals surface area contributed by atoms with Crippen molar-refractivity contribution in [2.75, 3.05) is 20.0 Å². The number of aromatic nitrogens is 1. The van der Waals surface area contributed by atoms with Gasteiger partial charge in [0.15, 0.2) is 0 Å². The largest absolute Gasteiger partial charge is 0.497 e. The molecule has 0 amide bonds. The Kier molecular flexibility index (Phi) is 6.76. The van der Waals surface area contributed by atoms with Crippen LogP contribution in [0, 0.1) is 22.7 Å². The number of hydrogen-bond donors (Lipinski definition) is 1. The summed E-state index contributed by atoms with van der Waals surface area (Å²) in [6.07, 6.45) is 2.81. The molecule has 2 aromatic rings. The molecular weight excluding hydrogens is 452 g/mol. The first kappa shape index (κ1) is 23.2. The number of nitrogens with zero attached hydrogens (tertiary/aromatic N) is 3. The van der Waals surface area contributed by atoms with Gasteiger partial charge in [0, 0.05) is 5.69 Å². The Labute approximate surface area is 201 Å². The van der Waals surface area contributed by atoms with Gasteiger partial charge in [0.2, 0.25) is 5.88 Å². The number of hydrogen-bond acceptors (Lipinski definition) is 9. The lowest BCUT2D eigenvalue weighted by molar-refractivity contribution is -0.136. The van der Waals surface area contributed by atoms with Crippen LogP contribution in [0.5, 0.6) is 5.75 Å². The smallest absolute Gasteiger partial charge is 0.338 e. The monoisotopic (exact) mass is 474 g/mol. The third-order valence-corrected chi connectivity index (χ3v) is 6.80. The van der Waals surface area contributed by atoms with Crippen LogP contribution in [0.1, 0.15) is 34.7 Å². The summed E-state index contributed by atoms with van der Waals surface area (Å²) >= 11 is 1.28. The normalized spacial score (nSPS) is 16.9. The zero-order valence-corrected chi connectivity index (χ0v) is 19.6. The van der Waals surface area contributed by atoms with Crippen molar-refractivity contribution in [1.29, 1.82) is 10.5 Å². The predicted molar refractivity (Wildman–Crippen MR) is 124 cm³/mol. The van der Waals surface area contributed by atoms with E-state index in [4.69, 9.17) is 19.9 Å². The molecule has 0 fully saturated rings. The maximum Gasteiger partial charge on any atom is 0.338 e. The lowest BCUT2D eigenvalue weighted by Crippen LogP contribution is -2.26. The molecule has 0 saturated heterocycles. The van der Waals surface area contributed by atoms with E-state index in [-0.39, 0.29) is 28.5 Å². The van der Waals surface area contributed by atoms with Gasteiger partial charge in [-0.2, -0.15) is 10.5 Å². The highest BCUT2D eigenvalue weighted by molar-refractivity contribution is 7.99. The van der Waals surface area contributed by atoms with E-state index in [2.05, 4.69) is 17.1 Å². The molecule has 0 radical (unpaired) electrons. The maximum atomic E-state index is 12.9. The number of benzene rings is 1. The molecule has 2 aliphatic rings. The molecule has 0 saturated carbocycles. The lowest BCUT2D eigenvalue weighted by atomic mass is 9.83. The van der Waals surface area contributed by atoms with Gasteiger partial charge in [-0.05, 0) is 48.6 Å². The highest BCUT2D eigenvalue weighted by Crippen LogP contribution is 2.42. The van der Waals surface area contributed by atoms with Gasteiger partial charge in [-0.3, -0.25) is 0 Å². The summed E-state index contributed by atoms with van der Waals surface area (Å²) in [6.45, 7) is 0. The van der Waals surface area contributed by atoms with Gasteiger partial charge in [0.25, 0.3) is 0 Å². The lowest BCUT2D eigenvalue weighted by Gasteiger charge is -2.28. The fourth-order valence-electron chi connectivity index (χ4n) is 4.19. The molecule has 1 aromatic carbocycles. The van der Waals surface area contributed by atoms with E-state index in [1.54, 1.807) is 24.3 Å². The first-order valence-corrected chi connectivity index (χ1v) is 11.6. The average Bonchev–Trinajstić information content (AvgIpc) is 3.33. The summed E-state index contributed by atoms with van der Waals surface area (Å²) in [7, 11) is 2.81. The van der Waals surface area contributed by atoms with E-state index in [0.29, 0.717) is 21.9 Å². The number of nitriles is 2. The van der Waals surface area contributed by atoms with Crippen molar-refractivity contribution < 1.29 is 19.0 Å². The third kappa shape index (κ3) is 4.30. The second-order valence-corrected chi connectivity index (χ2v) is 8.69. The van der Waals surface area contributed by atoms with Crippen molar-refractivity contribution in [3.63, 3.8) is 0 Å². The van der Waals surface area contributed by atoms with Crippen LogP contribution in [0.3, 0.4) is 0 Å². The third-order valence-electron chi connectivity index (χ3n) is 5.81. The van der Waals surface area contributed by atoms with Crippen LogP contribution >= 0.6 is 11.8 Å². The van der Waals surface area contributed by atoms with Gasteiger partial charge in [0.05, 0.1) is 37.0 Å². The molecule has 34 heavy (non-hydrogen) atoms. The number of thioether (sulfide) groups is 1. The minimum atomic E-state index is -0.791. The Hall–Kier alpha value is -3.95. The highest BCUT2D eigenvalue weighted by atomic mass is 32.2. The van der Waals surface area contributed by atoms with Crippen molar-refractivity contribution in [3.8, 4) is 17.9 Å². The molecule has 1 aromatic heterocycles. The second kappa shape index (κ2) is 9.90. The second-order valence-electron chi connectivity index (χ2n) is 7.73. The van der Waals surface area contributed by atoms with E-state index >= 15 is 0 Å². The molecule has 9 heteroatoms. The number of ether oxygens (including phenoxy) is 3. The number of methoxy groups -OCH3 is 2. The molecule has 4 rings (SSSR count). The van der Waals surface area contributed by atoms with Crippen LogP contribution in [0.2, 0.25) is 0 Å². The number of rotatable bonds is 6. The van der Waals surface area contributed by atoms with Gasteiger partial charge in [-0.15, -0.1) is 0 Å². The van der Waals surface area contributed by atoms with Gasteiger partial charge < -0.3 is 19.9 Å². The zero-order valence-electron chi connectivity index (χ0n) is 18.8. The van der Waals surface area contributed by atoms with Crippen LogP contribution in [0.15, 0.2) is 58.1 Å². The van der Waals surface area contributed by atoms with Crippen LogP contribution in [-0.4, -0.2) is 30.9 Å². The Bertz CT molecular complexity index is 1300. The Morgan fingerprint density at radius 3 is 2.79 bits per heavy atom. The van der Waals surface area contributed by atoms with E-state index in [1.807, 2.05) is 6.07 Å². The minimum Gasteiger partial charge on any atom is -0.497 e. The number of fused-ring (bicyclic) bond motifs is 1. The molecule has 1 aliphatic heterocycles. The number of pyridine rings is 1. The Balaban J connectivity index is 1.77. The van der Waals surface area contributed by atoms with Crippen LogP contribution in [0.25, 0.3) is 0 Å². The summed E-state index contributed by atoms with van der Waals surface area (Å²) in [5.74, 6) is -0.508. The summed E-state index contributed by atoms with van der Waals surface area (Å²) < 4.78 is 16.1. The fourth-order valence-corrected chi connectivity index (χ4v) is 5.11. The van der Waals surface area contributed by atoms with Crippen LogP contribution in [-0.2, 0) is 27.1 Å². The molecular formula is C25H22N4O4S. The molecule has 1 atom stereocenters. The van der Waals surface area contributed by atoms with Crippen molar-refractivity contribution in [2.24, 2.45) is 5.73 Å². The number of carbonyl (C=O) groups is 1. The molecule has 8 nitrogen and oxygen atoms in total. The summed E-state index contributed by atoms with van der Waals surface area (Å²) in [5.41, 5.74) is 9.62. The molecule has 1 aliphatic carbocycles. The highest BCUT2D eigenvalue weighted by Gasteiger charge is 2.37. The fraction of sp³-hybridized carbons (Fsp3) is 0.280. The summed E-state index contributed by atoms with van der Waals surface area (Å²) in [6, 6.07) is 13.2. The molecule has 1 unspecified atom stereocenters. The quantitative estimate of drug-likeness (QED) is 0.494. The number of aryl methyl sites for hydroxylation is 2. The molecule has 0 spiro atoms. The number of esters is 1. The first-order valence-electron chi connectivity index (χ1n) is 10.6. The summed E-state index contributed by atoms with van der Waals surface area (Å²) in [5, 5.41) is 20.0. The minimum absolute atomic E-state index is 0.0824. The average molecular weight is 475 g/mol. The Morgan fingerprint density at radius 1 is 1.26 bits per heavy atom. The van der Waals surface area contributed by atoms with Crippen molar-refractivity contribution >= 4 is 17.7 Å². The van der Waals surface area contributed by atoms with Gasteiger partial charge >= 0.3 is 5.97 Å². The van der Waals surface area contributed by atoms with Crippen LogP contribution < -0.4 is 10.5 Å². The van der Waals surface area contributed by atoms with Crippen molar-refractivity contribution in [2.45, 2.75) is 30.2 Å². The van der Waals surface area contributed by atoms with E-state index in [1.165, 1.54) is 26.0 Å². The van der Waals surface area contributed by atoms with Crippen LogP contribution in [0.4, 0.5) is 0 Å². The predicted octanol–water partition coefficient (Wildman–Crippen LogP) is 3.48. The number of carbonyl (C=O) groups excluding carboxylic acids is 1. The molecule has 0 bridgehead atoms. The standard InChI is InChI=1S/C25H22N4O4S/c1-31-17-7-3-6-15(10-17)21-18(12-27)23(28)33-20(22(21)25(30)32-2)13-34-24-16(11-26)9-14-5-4-8-19(14)29-24/h3,6-7,9-10,21H,4-5,8,13,28H2,1-2H3. The summed E-state index contributed by atoms with van der Waals surface area (Å²) in [4.78, 5) is 17.6.